The van der Waals surface area contributed by atoms with Crippen molar-refractivity contribution in [1.29, 1.82) is 0 Å². The summed E-state index contributed by atoms with van der Waals surface area (Å²) in [4.78, 5) is 12.2. The highest BCUT2D eigenvalue weighted by atomic mass is 16.7. The molecule has 1 saturated heterocycles. The molecule has 0 aromatic heterocycles. The predicted octanol–water partition coefficient (Wildman–Crippen LogP) is 6.19. The third-order valence-corrected chi connectivity index (χ3v) is 9.04. The lowest BCUT2D eigenvalue weighted by atomic mass is 9.53. The molecule has 9 nitrogen and oxygen atoms in total. The number of hydrogen-bond donors (Lipinski definition) is 3. The van der Waals surface area contributed by atoms with E-state index in [0.29, 0.717) is 19.0 Å². The number of hydrogen-bond acceptors (Lipinski definition) is 9. The zero-order valence-corrected chi connectivity index (χ0v) is 28.2. The summed E-state index contributed by atoms with van der Waals surface area (Å²) < 4.78 is 16.2. The Kier molecular flexibility index (Phi) is 14.8. The standard InChI is InChI=1S/C26H41NO5.C4H9NO2.C4H10/c1-4-5-11-26-12-13-27(17-19-7-6-8-19)22(25(26,2)29)16-20-9-10-21(24(28)23(20)26)32-18-31-15-14-30-3;1-4(2,3-6)5-7;1-4(2)3/h9-10,19,22,28-29H,4-8,11-18H2,1-3H3;6H,3H2,1-2H3;4H,1-3H3/t22?,25?,26-;;/m0../s1. The fourth-order valence-electron chi connectivity index (χ4n) is 6.31. The number of nitrogens with zero attached hydrogens (tertiary/aromatic N) is 2. The Hall–Kier alpha value is -1.78. The second-order valence-corrected chi connectivity index (χ2v) is 14.0. The van der Waals surface area contributed by atoms with Crippen molar-refractivity contribution >= 4 is 0 Å². The topological polar surface area (TPSA) is 121 Å². The summed E-state index contributed by atoms with van der Waals surface area (Å²) in [5.41, 5.74) is -0.0917. The Labute approximate surface area is 260 Å². The monoisotopic (exact) mass is 608 g/mol. The van der Waals surface area contributed by atoms with Gasteiger partial charge in [0.15, 0.2) is 18.3 Å². The van der Waals surface area contributed by atoms with Crippen molar-refractivity contribution in [3.63, 3.8) is 0 Å². The van der Waals surface area contributed by atoms with E-state index in [-0.39, 0.29) is 25.2 Å². The Morgan fingerprint density at radius 2 is 1.86 bits per heavy atom. The third kappa shape index (κ3) is 9.60. The van der Waals surface area contributed by atoms with Crippen molar-refractivity contribution in [1.82, 2.24) is 4.90 Å². The average Bonchev–Trinajstić information content (AvgIpc) is 2.92. The van der Waals surface area contributed by atoms with Gasteiger partial charge in [-0.1, -0.05) is 58.2 Å². The maximum absolute atomic E-state index is 12.1. The Morgan fingerprint density at radius 3 is 2.37 bits per heavy atom. The van der Waals surface area contributed by atoms with Crippen LogP contribution in [0.25, 0.3) is 0 Å². The van der Waals surface area contributed by atoms with Crippen LogP contribution in [0.5, 0.6) is 11.5 Å². The fraction of sp³-hybridized carbons (Fsp3) is 0.824. The van der Waals surface area contributed by atoms with Crippen LogP contribution < -0.4 is 4.74 Å². The van der Waals surface area contributed by atoms with Crippen LogP contribution in [0.1, 0.15) is 105 Å². The first-order valence-corrected chi connectivity index (χ1v) is 16.3. The van der Waals surface area contributed by atoms with Gasteiger partial charge in [-0.25, -0.2) is 0 Å². The van der Waals surface area contributed by atoms with Gasteiger partial charge < -0.3 is 29.5 Å². The van der Waals surface area contributed by atoms with Crippen LogP contribution in [0.4, 0.5) is 0 Å². The molecule has 2 fully saturated rings. The highest BCUT2D eigenvalue weighted by Gasteiger charge is 2.61. The zero-order chi connectivity index (χ0) is 32.3. The summed E-state index contributed by atoms with van der Waals surface area (Å²) in [7, 11) is 1.63. The number of fused-ring (bicyclic) bond motifs is 4. The van der Waals surface area contributed by atoms with Crippen LogP contribution in [0.15, 0.2) is 17.3 Å². The van der Waals surface area contributed by atoms with Crippen molar-refractivity contribution in [2.45, 2.75) is 122 Å². The number of aliphatic hydroxyl groups is 2. The van der Waals surface area contributed by atoms with Gasteiger partial charge in [0.05, 0.1) is 25.4 Å². The van der Waals surface area contributed by atoms with Gasteiger partial charge in [-0.3, -0.25) is 4.90 Å². The molecule has 0 radical (unpaired) electrons. The number of nitroso groups, excluding NO2 is 1. The molecule has 9 heteroatoms. The molecule has 2 bridgehead atoms. The van der Waals surface area contributed by atoms with Crippen molar-refractivity contribution < 1.29 is 29.5 Å². The molecule has 1 aromatic carbocycles. The van der Waals surface area contributed by atoms with Gasteiger partial charge >= 0.3 is 0 Å². The number of piperidine rings is 1. The lowest BCUT2D eigenvalue weighted by Gasteiger charge is -2.61. The second-order valence-electron chi connectivity index (χ2n) is 14.0. The van der Waals surface area contributed by atoms with Gasteiger partial charge in [-0.05, 0) is 82.9 Å². The van der Waals surface area contributed by atoms with E-state index in [1.807, 2.05) is 13.0 Å². The van der Waals surface area contributed by atoms with Gasteiger partial charge in [0.2, 0.25) is 0 Å². The van der Waals surface area contributed by atoms with E-state index in [9.17, 15) is 15.1 Å². The summed E-state index contributed by atoms with van der Waals surface area (Å²) in [6.45, 7) is 16.7. The molecule has 248 valence electrons. The highest BCUT2D eigenvalue weighted by molar-refractivity contribution is 5.57. The largest absolute Gasteiger partial charge is 0.504 e. The van der Waals surface area contributed by atoms with E-state index in [1.54, 1.807) is 21.0 Å². The summed E-state index contributed by atoms with van der Waals surface area (Å²) in [5.74, 6) is 2.22. The average molecular weight is 609 g/mol. The van der Waals surface area contributed by atoms with E-state index >= 15 is 0 Å². The summed E-state index contributed by atoms with van der Waals surface area (Å²) in [6, 6.07) is 4.03. The van der Waals surface area contributed by atoms with Gasteiger partial charge in [-0.2, -0.15) is 4.91 Å². The first-order valence-electron chi connectivity index (χ1n) is 16.3. The molecule has 3 N–H and O–H groups in total. The van der Waals surface area contributed by atoms with Crippen LogP contribution in [-0.2, 0) is 21.3 Å². The van der Waals surface area contributed by atoms with Crippen molar-refractivity contribution in [2.75, 3.05) is 46.8 Å². The Balaban J connectivity index is 0.000000502. The molecule has 2 aliphatic carbocycles. The van der Waals surface area contributed by atoms with Gasteiger partial charge in [0, 0.05) is 30.7 Å². The number of unbranched alkanes of at least 4 members (excludes halogenated alkanes) is 1. The summed E-state index contributed by atoms with van der Waals surface area (Å²) in [6.07, 6.45) is 8.56. The van der Waals surface area contributed by atoms with Crippen LogP contribution in [-0.4, -0.2) is 84.2 Å². The molecular weight excluding hydrogens is 548 g/mol. The molecule has 0 spiro atoms. The molecule has 0 amide bonds. The fourth-order valence-corrected chi connectivity index (χ4v) is 6.31. The lowest BCUT2D eigenvalue weighted by molar-refractivity contribution is -0.142. The maximum atomic E-state index is 12.1. The molecule has 1 aromatic rings. The minimum Gasteiger partial charge on any atom is -0.504 e. The number of phenolic OH excluding ortho intramolecular Hbond substituents is 1. The number of ether oxygens (including phenoxy) is 3. The smallest absolute Gasteiger partial charge is 0.189 e. The van der Waals surface area contributed by atoms with E-state index in [4.69, 9.17) is 19.3 Å². The number of aliphatic hydroxyl groups excluding tert-OH is 1. The van der Waals surface area contributed by atoms with E-state index in [0.717, 1.165) is 68.2 Å². The highest BCUT2D eigenvalue weighted by Crippen LogP contribution is 2.58. The summed E-state index contributed by atoms with van der Waals surface area (Å²) >= 11 is 0. The molecule has 3 aliphatic rings. The summed E-state index contributed by atoms with van der Waals surface area (Å²) in [5, 5.41) is 34.4. The number of phenols is 1. The molecule has 3 atom stereocenters. The number of methoxy groups -OCH3 is 1. The quantitative estimate of drug-likeness (QED) is 0.138. The molecule has 1 saturated carbocycles. The van der Waals surface area contributed by atoms with Crippen molar-refractivity contribution in [3.8, 4) is 11.5 Å². The molecule has 1 aliphatic heterocycles. The molecule has 2 unspecified atom stereocenters. The van der Waals surface area contributed by atoms with Gasteiger partial charge in [-0.15, -0.1) is 0 Å². The minimum absolute atomic E-state index is 0.0614. The molecular formula is C34H60N2O7. The zero-order valence-electron chi connectivity index (χ0n) is 28.2. The first kappa shape index (κ1) is 37.4. The molecule has 43 heavy (non-hydrogen) atoms. The van der Waals surface area contributed by atoms with Crippen LogP contribution in [0.2, 0.25) is 0 Å². The normalized spacial score (nSPS) is 25.0. The van der Waals surface area contributed by atoms with Gasteiger partial charge in [0.1, 0.15) is 5.54 Å². The number of aromatic hydroxyl groups is 1. The van der Waals surface area contributed by atoms with Crippen LogP contribution in [0, 0.1) is 16.7 Å². The lowest BCUT2D eigenvalue weighted by Crippen LogP contribution is -2.70. The Morgan fingerprint density at radius 1 is 1.19 bits per heavy atom. The van der Waals surface area contributed by atoms with E-state index < -0.39 is 16.6 Å². The van der Waals surface area contributed by atoms with Crippen LogP contribution in [0.3, 0.4) is 0 Å². The molecule has 4 rings (SSSR count). The SMILES string of the molecule is CC(C)(CO)N=O.CC(C)C.CCCC[C@]12CCN(CC3CCC3)C(Cc3ccc(OCOCCOC)c(O)c31)C2(C)O. The number of rotatable bonds is 13. The number of likely N-dealkylation sites (tertiary alicyclic amines) is 1. The Bertz CT molecular complexity index is 977. The van der Waals surface area contributed by atoms with Crippen molar-refractivity contribution in [2.24, 2.45) is 17.0 Å². The molecule has 1 heterocycles. The van der Waals surface area contributed by atoms with E-state index in [1.165, 1.54) is 19.3 Å². The van der Waals surface area contributed by atoms with E-state index in [2.05, 4.69) is 43.8 Å². The third-order valence-electron chi connectivity index (χ3n) is 9.04. The van der Waals surface area contributed by atoms with Crippen LogP contribution >= 0.6 is 0 Å². The van der Waals surface area contributed by atoms with Gasteiger partial charge in [0.25, 0.3) is 0 Å². The second kappa shape index (κ2) is 17.1. The maximum Gasteiger partial charge on any atom is 0.189 e. The minimum atomic E-state index is -0.901. The first-order chi connectivity index (χ1) is 20.3. The predicted molar refractivity (Wildman–Crippen MR) is 172 cm³/mol. The van der Waals surface area contributed by atoms with Crippen molar-refractivity contribution in [3.05, 3.63) is 28.2 Å². The number of benzene rings is 1.